The zero-order valence-electron chi connectivity index (χ0n) is 11.2. The fourth-order valence-electron chi connectivity index (χ4n) is 2.22. The Bertz CT molecular complexity index is 244. The van der Waals surface area contributed by atoms with E-state index in [1.54, 1.807) is 0 Å². The third-order valence-corrected chi connectivity index (χ3v) is 3.32. The number of nitrogens with two attached hydrogens (primary N) is 1. The van der Waals surface area contributed by atoms with Crippen LogP contribution in [-0.4, -0.2) is 31.2 Å². The van der Waals surface area contributed by atoms with E-state index < -0.39 is 0 Å². The maximum atomic E-state index is 11.8. The summed E-state index contributed by atoms with van der Waals surface area (Å²) in [5.41, 5.74) is 5.69. The molecule has 0 radical (unpaired) electrons. The molecule has 3 atom stereocenters. The molecule has 1 aliphatic rings. The standard InChI is InChI=1S/C13H26N2O2/c1-9(2)8-15-13(16)10(3)17-12-6-4-5-11(12)7-14/h9-12H,4-8,14H2,1-3H3,(H,15,16). The summed E-state index contributed by atoms with van der Waals surface area (Å²) in [6, 6.07) is 0. The van der Waals surface area contributed by atoms with E-state index in [0.29, 0.717) is 24.9 Å². The summed E-state index contributed by atoms with van der Waals surface area (Å²) in [5, 5.41) is 2.89. The van der Waals surface area contributed by atoms with Gasteiger partial charge in [-0.25, -0.2) is 0 Å². The molecule has 0 aromatic rings. The van der Waals surface area contributed by atoms with E-state index in [1.165, 1.54) is 0 Å². The molecule has 0 aromatic carbocycles. The van der Waals surface area contributed by atoms with Gasteiger partial charge in [0.1, 0.15) is 6.10 Å². The van der Waals surface area contributed by atoms with Gasteiger partial charge in [-0.05, 0) is 38.1 Å². The van der Waals surface area contributed by atoms with Crippen LogP contribution in [0.3, 0.4) is 0 Å². The topological polar surface area (TPSA) is 64.3 Å². The van der Waals surface area contributed by atoms with Crippen LogP contribution in [0, 0.1) is 11.8 Å². The summed E-state index contributed by atoms with van der Waals surface area (Å²) in [6.45, 7) is 7.34. The van der Waals surface area contributed by atoms with Crippen molar-refractivity contribution in [3.8, 4) is 0 Å². The average molecular weight is 242 g/mol. The number of amides is 1. The second-order valence-corrected chi connectivity index (χ2v) is 5.38. The maximum Gasteiger partial charge on any atom is 0.248 e. The van der Waals surface area contributed by atoms with Crippen molar-refractivity contribution in [2.75, 3.05) is 13.1 Å². The summed E-state index contributed by atoms with van der Waals surface area (Å²) in [4.78, 5) is 11.8. The first-order valence-corrected chi connectivity index (χ1v) is 6.67. The van der Waals surface area contributed by atoms with E-state index >= 15 is 0 Å². The molecule has 4 nitrogen and oxygen atoms in total. The van der Waals surface area contributed by atoms with Crippen LogP contribution in [0.15, 0.2) is 0 Å². The summed E-state index contributed by atoms with van der Waals surface area (Å²) in [6.07, 6.45) is 3.11. The molecule has 1 amide bonds. The van der Waals surface area contributed by atoms with Crippen LogP contribution in [0.25, 0.3) is 0 Å². The maximum absolute atomic E-state index is 11.8. The minimum absolute atomic E-state index is 0.0126. The van der Waals surface area contributed by atoms with Crippen LogP contribution in [0.4, 0.5) is 0 Å². The summed E-state index contributed by atoms with van der Waals surface area (Å²) < 4.78 is 5.82. The highest BCUT2D eigenvalue weighted by Crippen LogP contribution is 2.28. The van der Waals surface area contributed by atoms with Crippen LogP contribution in [0.1, 0.15) is 40.0 Å². The zero-order chi connectivity index (χ0) is 12.8. The lowest BCUT2D eigenvalue weighted by atomic mass is 10.1. The van der Waals surface area contributed by atoms with Gasteiger partial charge in [0.25, 0.3) is 0 Å². The molecule has 3 N–H and O–H groups in total. The molecule has 1 rings (SSSR count). The highest BCUT2D eigenvalue weighted by Gasteiger charge is 2.29. The Labute approximate surface area is 104 Å². The van der Waals surface area contributed by atoms with E-state index in [0.717, 1.165) is 19.3 Å². The predicted octanol–water partition coefficient (Wildman–Crippen LogP) is 1.29. The van der Waals surface area contributed by atoms with Gasteiger partial charge in [0.05, 0.1) is 6.10 Å². The van der Waals surface area contributed by atoms with Gasteiger partial charge in [-0.1, -0.05) is 20.3 Å². The smallest absolute Gasteiger partial charge is 0.248 e. The minimum atomic E-state index is -0.370. The van der Waals surface area contributed by atoms with E-state index in [9.17, 15) is 4.79 Å². The Balaban J connectivity index is 2.32. The lowest BCUT2D eigenvalue weighted by molar-refractivity contribution is -0.136. The second kappa shape index (κ2) is 6.97. The van der Waals surface area contributed by atoms with Crippen LogP contribution >= 0.6 is 0 Å². The van der Waals surface area contributed by atoms with E-state index in [1.807, 2.05) is 6.92 Å². The van der Waals surface area contributed by atoms with Crippen molar-refractivity contribution in [2.45, 2.75) is 52.2 Å². The van der Waals surface area contributed by atoms with Crippen molar-refractivity contribution in [3.63, 3.8) is 0 Å². The molecular formula is C13H26N2O2. The third-order valence-electron chi connectivity index (χ3n) is 3.32. The normalized spacial score (nSPS) is 26.2. The quantitative estimate of drug-likeness (QED) is 0.737. The first kappa shape index (κ1) is 14.5. The molecule has 0 aliphatic heterocycles. The molecule has 0 aromatic heterocycles. The molecule has 100 valence electrons. The van der Waals surface area contributed by atoms with E-state index in [4.69, 9.17) is 10.5 Å². The summed E-state index contributed by atoms with van der Waals surface area (Å²) >= 11 is 0. The fourth-order valence-corrected chi connectivity index (χ4v) is 2.22. The molecule has 17 heavy (non-hydrogen) atoms. The second-order valence-electron chi connectivity index (χ2n) is 5.38. The number of hydrogen-bond donors (Lipinski definition) is 2. The van der Waals surface area contributed by atoms with Gasteiger partial charge < -0.3 is 15.8 Å². The number of nitrogens with one attached hydrogen (secondary N) is 1. The first-order valence-electron chi connectivity index (χ1n) is 6.67. The van der Waals surface area contributed by atoms with Crippen molar-refractivity contribution in [3.05, 3.63) is 0 Å². The van der Waals surface area contributed by atoms with Crippen LogP contribution in [0.2, 0.25) is 0 Å². The Kier molecular flexibility index (Phi) is 5.92. The highest BCUT2D eigenvalue weighted by molar-refractivity contribution is 5.80. The van der Waals surface area contributed by atoms with Gasteiger partial charge in [-0.3, -0.25) is 4.79 Å². The van der Waals surface area contributed by atoms with Gasteiger partial charge in [0.15, 0.2) is 0 Å². The molecule has 4 heteroatoms. The van der Waals surface area contributed by atoms with Crippen molar-refractivity contribution in [2.24, 2.45) is 17.6 Å². The minimum Gasteiger partial charge on any atom is -0.365 e. The largest absolute Gasteiger partial charge is 0.365 e. The molecule has 0 bridgehead atoms. The number of ether oxygens (including phenoxy) is 1. The molecule has 0 spiro atoms. The lowest BCUT2D eigenvalue weighted by Crippen LogP contribution is -2.39. The molecular weight excluding hydrogens is 216 g/mol. The molecule has 3 unspecified atom stereocenters. The number of rotatable bonds is 6. The fraction of sp³-hybridized carbons (Fsp3) is 0.923. The lowest BCUT2D eigenvalue weighted by Gasteiger charge is -2.23. The highest BCUT2D eigenvalue weighted by atomic mass is 16.5. The average Bonchev–Trinajstić information content (AvgIpc) is 2.72. The Morgan fingerprint density at radius 3 is 2.71 bits per heavy atom. The molecule has 0 heterocycles. The number of hydrogen-bond acceptors (Lipinski definition) is 3. The Hall–Kier alpha value is -0.610. The third kappa shape index (κ3) is 4.64. The molecule has 1 saturated carbocycles. The van der Waals surface area contributed by atoms with Crippen LogP contribution in [-0.2, 0) is 9.53 Å². The predicted molar refractivity (Wildman–Crippen MR) is 68.6 cm³/mol. The van der Waals surface area contributed by atoms with E-state index in [-0.39, 0.29) is 18.1 Å². The van der Waals surface area contributed by atoms with Gasteiger partial charge >= 0.3 is 0 Å². The van der Waals surface area contributed by atoms with Gasteiger partial charge in [0, 0.05) is 6.54 Å². The Morgan fingerprint density at radius 1 is 1.41 bits per heavy atom. The zero-order valence-corrected chi connectivity index (χ0v) is 11.2. The van der Waals surface area contributed by atoms with Crippen molar-refractivity contribution in [1.82, 2.24) is 5.32 Å². The van der Waals surface area contributed by atoms with Gasteiger partial charge in [-0.15, -0.1) is 0 Å². The summed E-state index contributed by atoms with van der Waals surface area (Å²) in [7, 11) is 0. The van der Waals surface area contributed by atoms with E-state index in [2.05, 4.69) is 19.2 Å². The SMILES string of the molecule is CC(C)CNC(=O)C(C)OC1CCCC1CN. The summed E-state index contributed by atoms with van der Waals surface area (Å²) in [5.74, 6) is 0.881. The number of carbonyl (C=O) groups excluding carboxylic acids is 1. The van der Waals surface area contributed by atoms with Crippen molar-refractivity contribution >= 4 is 5.91 Å². The van der Waals surface area contributed by atoms with Crippen molar-refractivity contribution < 1.29 is 9.53 Å². The van der Waals surface area contributed by atoms with Crippen LogP contribution in [0.5, 0.6) is 0 Å². The molecule has 0 saturated heterocycles. The van der Waals surface area contributed by atoms with Gasteiger partial charge in [-0.2, -0.15) is 0 Å². The monoisotopic (exact) mass is 242 g/mol. The molecule has 1 fully saturated rings. The molecule has 1 aliphatic carbocycles. The Morgan fingerprint density at radius 2 is 2.12 bits per heavy atom. The van der Waals surface area contributed by atoms with Crippen LogP contribution < -0.4 is 11.1 Å². The number of carbonyl (C=O) groups is 1. The van der Waals surface area contributed by atoms with Crippen molar-refractivity contribution in [1.29, 1.82) is 0 Å². The van der Waals surface area contributed by atoms with Gasteiger partial charge in [0.2, 0.25) is 5.91 Å². The first-order chi connectivity index (χ1) is 8.04.